The molecule has 1 amide bonds. The second-order valence-electron chi connectivity index (χ2n) is 3.57. The molecule has 0 unspecified atom stereocenters. The topological polar surface area (TPSA) is 66.8 Å². The molecule has 0 aliphatic carbocycles. The maximum atomic E-state index is 11.5. The number of rotatable bonds is 3. The van der Waals surface area contributed by atoms with Crippen molar-refractivity contribution in [2.75, 3.05) is 13.2 Å². The second-order valence-corrected chi connectivity index (χ2v) is 3.57. The fraction of sp³-hybridized carbons (Fsp3) is 0.600. The van der Waals surface area contributed by atoms with E-state index < -0.39 is 17.6 Å². The predicted molar refractivity (Wildman–Crippen MR) is 53.1 cm³/mol. The molecule has 0 saturated heterocycles. The summed E-state index contributed by atoms with van der Waals surface area (Å²) in [5.41, 5.74) is 0.0514. The van der Waals surface area contributed by atoms with Gasteiger partial charge < -0.3 is 14.7 Å². The van der Waals surface area contributed by atoms with Gasteiger partial charge in [-0.15, -0.1) is 0 Å². The van der Waals surface area contributed by atoms with Crippen molar-refractivity contribution in [3.8, 4) is 0 Å². The lowest BCUT2D eigenvalue weighted by Gasteiger charge is -2.20. The summed E-state index contributed by atoms with van der Waals surface area (Å²) in [4.78, 5) is 24.2. The van der Waals surface area contributed by atoms with Crippen LogP contribution in [0, 0.1) is 0 Å². The van der Waals surface area contributed by atoms with Crippen LogP contribution >= 0.6 is 0 Å². The van der Waals surface area contributed by atoms with Crippen LogP contribution < -0.4 is 0 Å². The minimum absolute atomic E-state index is 0.0495. The summed E-state index contributed by atoms with van der Waals surface area (Å²) in [6.07, 6.45) is 0. The molecule has 0 spiro atoms. The van der Waals surface area contributed by atoms with Crippen LogP contribution in [0.1, 0.15) is 20.8 Å². The van der Waals surface area contributed by atoms with Gasteiger partial charge >= 0.3 is 5.97 Å². The number of ether oxygens (including phenoxy) is 1. The first kappa shape index (κ1) is 11.6. The molecule has 0 fully saturated rings. The fourth-order valence-electron chi connectivity index (χ4n) is 1.38. The molecule has 1 rings (SSSR count). The van der Waals surface area contributed by atoms with Crippen LogP contribution in [0.2, 0.25) is 0 Å². The van der Waals surface area contributed by atoms with Crippen molar-refractivity contribution in [1.29, 1.82) is 0 Å². The third-order valence-electron chi connectivity index (χ3n) is 2.22. The highest BCUT2D eigenvalue weighted by Crippen LogP contribution is 2.20. The maximum absolute atomic E-state index is 11.5. The number of nitrogens with zero attached hydrogens (tertiary/aromatic N) is 1. The lowest BCUT2D eigenvalue weighted by Crippen LogP contribution is -2.34. The number of carbonyl (C=O) groups is 2. The highest BCUT2D eigenvalue weighted by atomic mass is 16.5. The molecule has 0 atom stereocenters. The monoisotopic (exact) mass is 213 g/mol. The van der Waals surface area contributed by atoms with Crippen LogP contribution in [0.25, 0.3) is 0 Å². The molecule has 0 saturated carbocycles. The van der Waals surface area contributed by atoms with Crippen molar-refractivity contribution >= 4 is 11.9 Å². The Bertz CT molecular complexity index is 319. The Kier molecular flexibility index (Phi) is 3.34. The van der Waals surface area contributed by atoms with Gasteiger partial charge in [-0.1, -0.05) is 0 Å². The van der Waals surface area contributed by atoms with Gasteiger partial charge in [0.1, 0.15) is 5.57 Å². The van der Waals surface area contributed by atoms with E-state index in [0.717, 1.165) is 0 Å². The fourth-order valence-corrected chi connectivity index (χ4v) is 1.38. The molecule has 0 radical (unpaired) electrons. The summed E-state index contributed by atoms with van der Waals surface area (Å²) in [6, 6.07) is -0.0495. The van der Waals surface area contributed by atoms with Crippen LogP contribution in [-0.4, -0.2) is 41.1 Å². The van der Waals surface area contributed by atoms with Gasteiger partial charge in [-0.05, 0) is 20.8 Å². The zero-order valence-electron chi connectivity index (χ0n) is 9.11. The lowest BCUT2D eigenvalue weighted by molar-refractivity contribution is -0.138. The third-order valence-corrected chi connectivity index (χ3v) is 2.22. The number of hydrogen-bond donors (Lipinski definition) is 1. The molecule has 0 aromatic heterocycles. The van der Waals surface area contributed by atoms with Crippen molar-refractivity contribution < 1.29 is 19.4 Å². The summed E-state index contributed by atoms with van der Waals surface area (Å²) in [5, 5.41) is 9.46. The summed E-state index contributed by atoms with van der Waals surface area (Å²) in [5.74, 6) is -1.61. The number of aliphatic hydroxyl groups excluding tert-OH is 1. The smallest absolute Gasteiger partial charge is 0.339 e. The quantitative estimate of drug-likeness (QED) is 0.697. The Morgan fingerprint density at radius 2 is 2.20 bits per heavy atom. The summed E-state index contributed by atoms with van der Waals surface area (Å²) >= 11 is 0. The maximum Gasteiger partial charge on any atom is 0.339 e. The molecule has 1 N–H and O–H groups in total. The van der Waals surface area contributed by atoms with Gasteiger partial charge in [0.15, 0.2) is 5.76 Å². The molecule has 1 aliphatic rings. The van der Waals surface area contributed by atoms with E-state index in [1.165, 1.54) is 4.90 Å². The first-order valence-electron chi connectivity index (χ1n) is 4.89. The zero-order valence-corrected chi connectivity index (χ0v) is 9.11. The highest BCUT2D eigenvalue weighted by molar-refractivity contribution is 6.05. The number of hydrogen-bond acceptors (Lipinski definition) is 4. The molecule has 0 aromatic rings. The molecule has 15 heavy (non-hydrogen) atoms. The van der Waals surface area contributed by atoms with E-state index in [9.17, 15) is 14.7 Å². The Morgan fingerprint density at radius 3 is 2.60 bits per heavy atom. The van der Waals surface area contributed by atoms with E-state index in [4.69, 9.17) is 4.74 Å². The van der Waals surface area contributed by atoms with Gasteiger partial charge in [0, 0.05) is 6.04 Å². The summed E-state index contributed by atoms with van der Waals surface area (Å²) in [6.45, 7) is 5.66. The van der Waals surface area contributed by atoms with E-state index in [1.54, 1.807) is 6.92 Å². The van der Waals surface area contributed by atoms with Gasteiger partial charge in [-0.2, -0.15) is 0 Å². The average Bonchev–Trinajstić information content (AvgIpc) is 2.45. The SMILES string of the molecule is CCOC(=O)C1=C(O)C(=O)N(C(C)C)C1. The Labute approximate surface area is 88.3 Å². The van der Waals surface area contributed by atoms with Crippen molar-refractivity contribution in [3.05, 3.63) is 11.3 Å². The number of carbonyl (C=O) groups excluding carboxylic acids is 2. The molecular weight excluding hydrogens is 198 g/mol. The number of amides is 1. The van der Waals surface area contributed by atoms with Gasteiger partial charge in [0.05, 0.1) is 13.2 Å². The van der Waals surface area contributed by atoms with E-state index >= 15 is 0 Å². The standard InChI is InChI=1S/C10H15NO4/c1-4-15-10(14)7-5-11(6(2)3)9(13)8(7)12/h6,12H,4-5H2,1-3H3. The molecule has 1 aliphatic heterocycles. The Morgan fingerprint density at radius 1 is 1.60 bits per heavy atom. The minimum Gasteiger partial charge on any atom is -0.503 e. The zero-order chi connectivity index (χ0) is 11.6. The molecule has 84 valence electrons. The van der Waals surface area contributed by atoms with Crippen LogP contribution in [0.15, 0.2) is 11.3 Å². The van der Waals surface area contributed by atoms with Crippen LogP contribution in [0.3, 0.4) is 0 Å². The van der Waals surface area contributed by atoms with Gasteiger partial charge in [-0.3, -0.25) is 4.79 Å². The number of esters is 1. The van der Waals surface area contributed by atoms with Crippen molar-refractivity contribution in [2.45, 2.75) is 26.8 Å². The molecule has 0 bridgehead atoms. The predicted octanol–water partition coefficient (Wildman–Crippen LogP) is 0.612. The van der Waals surface area contributed by atoms with Crippen LogP contribution in [-0.2, 0) is 14.3 Å². The molecule has 5 heteroatoms. The second kappa shape index (κ2) is 4.33. The van der Waals surface area contributed by atoms with Crippen molar-refractivity contribution in [1.82, 2.24) is 4.90 Å². The highest BCUT2D eigenvalue weighted by Gasteiger charge is 2.35. The molecule has 1 heterocycles. The van der Waals surface area contributed by atoms with E-state index in [0.29, 0.717) is 0 Å². The molecular formula is C10H15NO4. The van der Waals surface area contributed by atoms with Gasteiger partial charge in [0.2, 0.25) is 0 Å². The third kappa shape index (κ3) is 2.11. The Balaban J connectivity index is 2.84. The van der Waals surface area contributed by atoms with E-state index in [2.05, 4.69) is 0 Å². The minimum atomic E-state index is -0.619. The molecule has 0 aromatic carbocycles. The number of aliphatic hydroxyl groups is 1. The van der Waals surface area contributed by atoms with Gasteiger partial charge in [0.25, 0.3) is 5.91 Å². The summed E-state index contributed by atoms with van der Waals surface area (Å²) < 4.78 is 4.74. The molecule has 5 nitrogen and oxygen atoms in total. The van der Waals surface area contributed by atoms with Crippen LogP contribution in [0.4, 0.5) is 0 Å². The van der Waals surface area contributed by atoms with E-state index in [-0.39, 0.29) is 24.8 Å². The van der Waals surface area contributed by atoms with Crippen molar-refractivity contribution in [2.24, 2.45) is 0 Å². The van der Waals surface area contributed by atoms with Crippen molar-refractivity contribution in [3.63, 3.8) is 0 Å². The van der Waals surface area contributed by atoms with Crippen LogP contribution in [0.5, 0.6) is 0 Å². The normalized spacial score (nSPS) is 16.5. The summed E-state index contributed by atoms with van der Waals surface area (Å²) in [7, 11) is 0. The van der Waals surface area contributed by atoms with E-state index in [1.807, 2.05) is 13.8 Å². The largest absolute Gasteiger partial charge is 0.503 e. The van der Waals surface area contributed by atoms with Gasteiger partial charge in [-0.25, -0.2) is 4.79 Å². The first-order valence-corrected chi connectivity index (χ1v) is 4.89. The first-order chi connectivity index (χ1) is 6.99. The average molecular weight is 213 g/mol. The Hall–Kier alpha value is -1.52. The lowest BCUT2D eigenvalue weighted by atomic mass is 10.2.